The summed E-state index contributed by atoms with van der Waals surface area (Å²) in [6, 6.07) is 7.93. The number of nitrogens with zero attached hydrogens (tertiary/aromatic N) is 1. The van der Waals surface area contributed by atoms with Gasteiger partial charge in [-0.3, -0.25) is 19.3 Å². The summed E-state index contributed by atoms with van der Waals surface area (Å²) in [5, 5.41) is 15.2. The molecule has 0 aliphatic carbocycles. The van der Waals surface area contributed by atoms with Crippen LogP contribution in [0, 0.1) is 12.8 Å². The van der Waals surface area contributed by atoms with E-state index in [1.165, 1.54) is 0 Å². The fourth-order valence-electron chi connectivity index (χ4n) is 3.97. The summed E-state index contributed by atoms with van der Waals surface area (Å²) in [5.41, 5.74) is 1.58. The first-order valence-corrected chi connectivity index (χ1v) is 8.97. The number of carboxylic acid groups (broad SMARTS) is 1. The van der Waals surface area contributed by atoms with Gasteiger partial charge in [0.05, 0.1) is 18.0 Å². The summed E-state index contributed by atoms with van der Waals surface area (Å²) in [5.74, 6) is -1.84. The molecule has 0 radical (unpaired) electrons. The number of aryl methyl sites for hydroxylation is 1. The Morgan fingerprint density at radius 2 is 2.00 bits per heavy atom. The van der Waals surface area contributed by atoms with Crippen LogP contribution >= 0.6 is 0 Å². The molecule has 26 heavy (non-hydrogen) atoms. The van der Waals surface area contributed by atoms with E-state index in [2.05, 4.69) is 10.6 Å². The van der Waals surface area contributed by atoms with E-state index in [9.17, 15) is 19.5 Å². The third kappa shape index (κ3) is 3.88. The number of amides is 2. The van der Waals surface area contributed by atoms with Gasteiger partial charge in [0, 0.05) is 26.1 Å². The van der Waals surface area contributed by atoms with Gasteiger partial charge in [0.25, 0.3) is 0 Å². The average molecular weight is 359 g/mol. The molecular formula is C19H25N3O4. The first kappa shape index (κ1) is 18.4. The second-order valence-electron chi connectivity index (χ2n) is 7.28. The molecule has 2 saturated heterocycles. The molecule has 0 saturated carbocycles. The minimum atomic E-state index is -0.923. The zero-order valence-corrected chi connectivity index (χ0v) is 15.0. The number of piperidine rings is 1. The number of benzene rings is 1. The lowest BCUT2D eigenvalue weighted by Crippen LogP contribution is -2.56. The largest absolute Gasteiger partial charge is 0.481 e. The lowest BCUT2D eigenvalue weighted by Gasteiger charge is -2.41. The Balaban J connectivity index is 1.49. The van der Waals surface area contributed by atoms with E-state index >= 15 is 0 Å². The Kier molecular flexibility index (Phi) is 5.27. The molecule has 2 fully saturated rings. The molecule has 2 heterocycles. The van der Waals surface area contributed by atoms with Crippen molar-refractivity contribution in [1.29, 1.82) is 0 Å². The fraction of sp³-hybridized carbons (Fsp3) is 0.526. The van der Waals surface area contributed by atoms with Crippen molar-refractivity contribution in [2.24, 2.45) is 5.92 Å². The van der Waals surface area contributed by atoms with Crippen LogP contribution in [-0.2, 0) is 20.9 Å². The lowest BCUT2D eigenvalue weighted by molar-refractivity contribution is -0.145. The van der Waals surface area contributed by atoms with E-state index in [-0.39, 0.29) is 24.8 Å². The number of carbonyl (C=O) groups is 3. The van der Waals surface area contributed by atoms with E-state index in [1.807, 2.05) is 36.1 Å². The summed E-state index contributed by atoms with van der Waals surface area (Å²) >= 11 is 0. The Hall–Kier alpha value is -2.41. The predicted octanol–water partition coefficient (Wildman–Crippen LogP) is 0.667. The number of carboxylic acids is 1. The summed E-state index contributed by atoms with van der Waals surface area (Å²) in [7, 11) is 0. The molecule has 1 aromatic carbocycles. The summed E-state index contributed by atoms with van der Waals surface area (Å²) in [6.45, 7) is 4.00. The van der Waals surface area contributed by atoms with Crippen molar-refractivity contribution in [2.45, 2.75) is 38.3 Å². The van der Waals surface area contributed by atoms with Crippen LogP contribution in [0.25, 0.3) is 0 Å². The van der Waals surface area contributed by atoms with E-state index in [0.717, 1.165) is 11.1 Å². The Bertz CT molecular complexity index is 710. The van der Waals surface area contributed by atoms with Crippen LogP contribution in [-0.4, -0.2) is 53.0 Å². The van der Waals surface area contributed by atoms with E-state index < -0.39 is 17.4 Å². The monoisotopic (exact) mass is 359 g/mol. The van der Waals surface area contributed by atoms with Crippen molar-refractivity contribution < 1.29 is 19.5 Å². The summed E-state index contributed by atoms with van der Waals surface area (Å²) in [4.78, 5) is 37.4. The number of hydrogen-bond donors (Lipinski definition) is 3. The van der Waals surface area contributed by atoms with Crippen molar-refractivity contribution in [1.82, 2.24) is 15.5 Å². The molecule has 1 spiro atoms. The smallest absolute Gasteiger partial charge is 0.309 e. The second kappa shape index (κ2) is 7.45. The maximum absolute atomic E-state index is 12.2. The van der Waals surface area contributed by atoms with Gasteiger partial charge < -0.3 is 15.7 Å². The molecule has 1 atom stereocenters. The number of likely N-dealkylation sites (tertiary alicyclic amines) is 1. The minimum Gasteiger partial charge on any atom is -0.481 e. The molecule has 1 aromatic rings. The molecule has 140 valence electrons. The summed E-state index contributed by atoms with van der Waals surface area (Å²) in [6.07, 6.45) is 1.16. The molecule has 3 N–H and O–H groups in total. The Labute approximate surface area is 152 Å². The van der Waals surface area contributed by atoms with Crippen LogP contribution in [0.2, 0.25) is 0 Å². The molecule has 0 unspecified atom stereocenters. The first-order valence-electron chi connectivity index (χ1n) is 8.97. The molecule has 0 bridgehead atoms. The van der Waals surface area contributed by atoms with Crippen molar-refractivity contribution in [2.75, 3.05) is 19.6 Å². The van der Waals surface area contributed by atoms with Crippen molar-refractivity contribution in [3.05, 3.63) is 35.4 Å². The van der Waals surface area contributed by atoms with Crippen LogP contribution in [0.5, 0.6) is 0 Å². The van der Waals surface area contributed by atoms with Crippen molar-refractivity contribution in [3.8, 4) is 0 Å². The maximum atomic E-state index is 12.2. The molecule has 0 aromatic heterocycles. The molecule has 2 aliphatic rings. The molecule has 7 heteroatoms. The highest BCUT2D eigenvalue weighted by atomic mass is 16.4. The van der Waals surface area contributed by atoms with Gasteiger partial charge in [-0.25, -0.2) is 0 Å². The summed E-state index contributed by atoms with van der Waals surface area (Å²) < 4.78 is 0. The first-order chi connectivity index (χ1) is 12.4. The standard InChI is InChI=1S/C19H25N3O4/c1-13-4-2-3-5-14(13)11-20-17(24)12-22-8-6-19(7-9-22)15(18(25)26)10-16(23)21-19/h2-5,15H,6-12H2,1H3,(H,20,24)(H,21,23)(H,25,26)/t15-/m1/s1. The van der Waals surface area contributed by atoms with Gasteiger partial charge in [0.1, 0.15) is 0 Å². The molecular weight excluding hydrogens is 334 g/mol. The molecule has 3 rings (SSSR count). The highest BCUT2D eigenvalue weighted by Gasteiger charge is 2.51. The van der Waals surface area contributed by atoms with Crippen molar-refractivity contribution in [3.63, 3.8) is 0 Å². The lowest BCUT2D eigenvalue weighted by atomic mass is 9.78. The van der Waals surface area contributed by atoms with Crippen molar-refractivity contribution >= 4 is 17.8 Å². The third-order valence-corrected chi connectivity index (χ3v) is 5.60. The van der Waals surface area contributed by atoms with Gasteiger partial charge in [-0.2, -0.15) is 0 Å². The molecule has 2 aliphatic heterocycles. The number of aliphatic carboxylic acids is 1. The predicted molar refractivity (Wildman–Crippen MR) is 95.3 cm³/mol. The fourth-order valence-corrected chi connectivity index (χ4v) is 3.97. The van der Waals surface area contributed by atoms with Crippen LogP contribution in [0.1, 0.15) is 30.4 Å². The zero-order chi connectivity index (χ0) is 18.7. The number of hydrogen-bond acceptors (Lipinski definition) is 4. The zero-order valence-electron chi connectivity index (χ0n) is 15.0. The highest BCUT2D eigenvalue weighted by molar-refractivity contribution is 5.88. The normalized spacial score (nSPS) is 22.2. The number of carbonyl (C=O) groups excluding carboxylic acids is 2. The average Bonchev–Trinajstić information content (AvgIpc) is 2.93. The van der Waals surface area contributed by atoms with Gasteiger partial charge >= 0.3 is 5.97 Å². The molecule has 2 amide bonds. The highest BCUT2D eigenvalue weighted by Crippen LogP contribution is 2.36. The number of rotatable bonds is 5. The Morgan fingerprint density at radius 3 is 2.65 bits per heavy atom. The van der Waals surface area contributed by atoms with Gasteiger partial charge in [-0.15, -0.1) is 0 Å². The number of nitrogens with one attached hydrogen (secondary N) is 2. The quantitative estimate of drug-likeness (QED) is 0.718. The van der Waals surface area contributed by atoms with Gasteiger partial charge in [-0.05, 0) is 30.9 Å². The molecule has 7 nitrogen and oxygen atoms in total. The van der Waals surface area contributed by atoms with Crippen LogP contribution < -0.4 is 10.6 Å². The van der Waals surface area contributed by atoms with Gasteiger partial charge in [0.15, 0.2) is 0 Å². The van der Waals surface area contributed by atoms with E-state index in [1.54, 1.807) is 0 Å². The van der Waals surface area contributed by atoms with Crippen LogP contribution in [0.3, 0.4) is 0 Å². The third-order valence-electron chi connectivity index (χ3n) is 5.60. The van der Waals surface area contributed by atoms with E-state index in [4.69, 9.17) is 0 Å². The van der Waals surface area contributed by atoms with Crippen LogP contribution in [0.15, 0.2) is 24.3 Å². The maximum Gasteiger partial charge on any atom is 0.309 e. The SMILES string of the molecule is Cc1ccccc1CNC(=O)CN1CCC2(CC1)NC(=O)C[C@@H]2C(=O)O. The minimum absolute atomic E-state index is 0.0468. The van der Waals surface area contributed by atoms with Crippen LogP contribution in [0.4, 0.5) is 0 Å². The second-order valence-corrected chi connectivity index (χ2v) is 7.28. The van der Waals surface area contributed by atoms with Gasteiger partial charge in [0.2, 0.25) is 11.8 Å². The Morgan fingerprint density at radius 1 is 1.31 bits per heavy atom. The van der Waals surface area contributed by atoms with Gasteiger partial charge in [-0.1, -0.05) is 24.3 Å². The topological polar surface area (TPSA) is 98.7 Å². The van der Waals surface area contributed by atoms with E-state index in [0.29, 0.717) is 32.5 Å².